The lowest BCUT2D eigenvalue weighted by Gasteiger charge is -2.14. The molecule has 1 saturated heterocycles. The molecule has 6 rings (SSSR count). The molecule has 8 nitrogen and oxygen atoms in total. The molecule has 0 radical (unpaired) electrons. The lowest BCUT2D eigenvalue weighted by atomic mass is 10.2. The van der Waals surface area contributed by atoms with Crippen molar-refractivity contribution in [2.75, 3.05) is 13.2 Å². The first kappa shape index (κ1) is 18.8. The van der Waals surface area contributed by atoms with E-state index in [1.54, 1.807) is 27.5 Å². The summed E-state index contributed by atoms with van der Waals surface area (Å²) >= 11 is 6.21. The van der Waals surface area contributed by atoms with E-state index in [1.807, 2.05) is 18.2 Å². The number of hydrogen-bond acceptors (Lipinski definition) is 6. The highest BCUT2D eigenvalue weighted by Crippen LogP contribution is 2.35. The number of halogens is 1. The standard InChI is InChI=1S/C22H20ClN5O3/c23-13-3-6-16-17(10-13)25-19(26-21(16)31-15-7-9-30-12-15)11-27-18-2-1-8-24-20(18)28(22(27)29)14-4-5-14/h1-3,6,8,10,14-15H,4-5,7,9,11-12H2. The van der Waals surface area contributed by atoms with Crippen LogP contribution in [0.15, 0.2) is 41.3 Å². The van der Waals surface area contributed by atoms with Gasteiger partial charge in [-0.3, -0.25) is 9.13 Å². The number of fused-ring (bicyclic) bond motifs is 2. The van der Waals surface area contributed by atoms with Gasteiger partial charge in [-0.15, -0.1) is 0 Å². The molecule has 1 aliphatic heterocycles. The average molecular weight is 438 g/mol. The number of pyridine rings is 1. The SMILES string of the molecule is O=c1n(Cc2nc(OC3CCOC3)c3ccc(Cl)cc3n2)c2cccnc2n1C1CC1. The minimum atomic E-state index is -0.0855. The monoisotopic (exact) mass is 437 g/mol. The topological polar surface area (TPSA) is 84.1 Å². The summed E-state index contributed by atoms with van der Waals surface area (Å²) < 4.78 is 15.1. The second-order valence-corrected chi connectivity index (χ2v) is 8.46. The molecule has 1 unspecified atom stereocenters. The fourth-order valence-electron chi connectivity index (χ4n) is 4.11. The molecule has 0 bridgehead atoms. The van der Waals surface area contributed by atoms with E-state index in [0.29, 0.717) is 41.1 Å². The maximum atomic E-state index is 13.2. The van der Waals surface area contributed by atoms with Crippen molar-refractivity contribution >= 4 is 33.7 Å². The Balaban J connectivity index is 1.46. The summed E-state index contributed by atoms with van der Waals surface area (Å²) in [4.78, 5) is 27.0. The van der Waals surface area contributed by atoms with Gasteiger partial charge in [0.1, 0.15) is 6.10 Å². The Morgan fingerprint density at radius 2 is 2.10 bits per heavy atom. The highest BCUT2D eigenvalue weighted by Gasteiger charge is 2.30. The minimum Gasteiger partial charge on any atom is -0.471 e. The van der Waals surface area contributed by atoms with Crippen molar-refractivity contribution in [3.63, 3.8) is 0 Å². The highest BCUT2D eigenvalue weighted by atomic mass is 35.5. The number of rotatable bonds is 5. The van der Waals surface area contributed by atoms with Gasteiger partial charge in [0, 0.05) is 23.7 Å². The summed E-state index contributed by atoms with van der Waals surface area (Å²) in [5.74, 6) is 0.980. The second-order valence-electron chi connectivity index (χ2n) is 8.03. The van der Waals surface area contributed by atoms with Gasteiger partial charge in [-0.25, -0.2) is 14.8 Å². The molecule has 4 heterocycles. The van der Waals surface area contributed by atoms with Crippen LogP contribution in [-0.2, 0) is 11.3 Å². The number of hydrogen-bond donors (Lipinski definition) is 0. The fourth-order valence-corrected chi connectivity index (χ4v) is 4.27. The minimum absolute atomic E-state index is 0.0506. The van der Waals surface area contributed by atoms with E-state index in [0.717, 1.165) is 30.2 Å². The van der Waals surface area contributed by atoms with Crippen LogP contribution in [0.4, 0.5) is 0 Å². The van der Waals surface area contributed by atoms with Gasteiger partial charge in [0.25, 0.3) is 0 Å². The third kappa shape index (κ3) is 3.36. The number of aromatic nitrogens is 5. The van der Waals surface area contributed by atoms with Crippen LogP contribution in [0.5, 0.6) is 5.88 Å². The van der Waals surface area contributed by atoms with Crippen LogP contribution in [0.25, 0.3) is 22.1 Å². The summed E-state index contributed by atoms with van der Waals surface area (Å²) in [6.07, 6.45) is 4.48. The first-order chi connectivity index (χ1) is 15.2. The Morgan fingerprint density at radius 3 is 2.90 bits per heavy atom. The van der Waals surface area contributed by atoms with Gasteiger partial charge in [0.2, 0.25) is 5.88 Å². The van der Waals surface area contributed by atoms with Crippen LogP contribution in [0.3, 0.4) is 0 Å². The highest BCUT2D eigenvalue weighted by molar-refractivity contribution is 6.31. The molecule has 0 N–H and O–H groups in total. The van der Waals surface area contributed by atoms with E-state index in [2.05, 4.69) is 15.0 Å². The Hall–Kier alpha value is -2.97. The van der Waals surface area contributed by atoms with Crippen LogP contribution >= 0.6 is 11.6 Å². The third-order valence-corrected chi connectivity index (χ3v) is 6.01. The molecule has 2 aliphatic rings. The number of nitrogens with zero attached hydrogens (tertiary/aromatic N) is 5. The van der Waals surface area contributed by atoms with Gasteiger partial charge in [-0.2, -0.15) is 4.98 Å². The second kappa shape index (κ2) is 7.32. The Kier molecular flexibility index (Phi) is 4.43. The quantitative estimate of drug-likeness (QED) is 0.476. The van der Waals surface area contributed by atoms with Crippen LogP contribution < -0.4 is 10.4 Å². The van der Waals surface area contributed by atoms with Gasteiger partial charge >= 0.3 is 5.69 Å². The van der Waals surface area contributed by atoms with Gasteiger partial charge < -0.3 is 9.47 Å². The summed E-state index contributed by atoms with van der Waals surface area (Å²) in [5.41, 5.74) is 2.08. The van der Waals surface area contributed by atoms with Crippen molar-refractivity contribution in [1.29, 1.82) is 0 Å². The molecule has 1 atom stereocenters. The van der Waals surface area contributed by atoms with Crippen LogP contribution in [-0.4, -0.2) is 43.4 Å². The molecule has 0 amide bonds. The number of benzene rings is 1. The van der Waals surface area contributed by atoms with E-state index < -0.39 is 0 Å². The smallest absolute Gasteiger partial charge is 0.331 e. The van der Waals surface area contributed by atoms with Gasteiger partial charge in [-0.05, 0) is 43.2 Å². The number of ether oxygens (including phenoxy) is 2. The molecule has 1 saturated carbocycles. The molecule has 1 aliphatic carbocycles. The zero-order valence-electron chi connectivity index (χ0n) is 16.7. The first-order valence-corrected chi connectivity index (χ1v) is 10.8. The molecule has 2 fully saturated rings. The molecule has 0 spiro atoms. The first-order valence-electron chi connectivity index (χ1n) is 10.4. The predicted octanol–water partition coefficient (Wildman–Crippen LogP) is 3.35. The lowest BCUT2D eigenvalue weighted by Crippen LogP contribution is -2.25. The lowest BCUT2D eigenvalue weighted by molar-refractivity contribution is 0.139. The molecule has 31 heavy (non-hydrogen) atoms. The Morgan fingerprint density at radius 1 is 1.19 bits per heavy atom. The maximum absolute atomic E-state index is 13.2. The van der Waals surface area contributed by atoms with Crippen LogP contribution in [0, 0.1) is 0 Å². The maximum Gasteiger partial charge on any atom is 0.331 e. The molecular formula is C22H20ClN5O3. The number of imidazole rings is 1. The van der Waals surface area contributed by atoms with Crippen molar-refractivity contribution < 1.29 is 9.47 Å². The third-order valence-electron chi connectivity index (χ3n) is 5.77. The molecule has 9 heteroatoms. The summed E-state index contributed by atoms with van der Waals surface area (Å²) in [5, 5.41) is 1.37. The zero-order valence-corrected chi connectivity index (χ0v) is 17.5. The summed E-state index contributed by atoms with van der Waals surface area (Å²) in [6, 6.07) is 9.42. The fraction of sp³-hybridized carbons (Fsp3) is 0.364. The zero-order chi connectivity index (χ0) is 20.9. The Bertz CT molecular complexity index is 1350. The summed E-state index contributed by atoms with van der Waals surface area (Å²) in [7, 11) is 0. The van der Waals surface area contributed by atoms with E-state index in [9.17, 15) is 4.79 Å². The van der Waals surface area contributed by atoms with Gasteiger partial charge in [0.15, 0.2) is 11.5 Å². The normalized spacial score (nSPS) is 18.8. The molecule has 1 aromatic carbocycles. The van der Waals surface area contributed by atoms with E-state index in [1.165, 1.54) is 0 Å². The van der Waals surface area contributed by atoms with Crippen LogP contribution in [0.1, 0.15) is 31.1 Å². The molecule has 3 aromatic heterocycles. The van der Waals surface area contributed by atoms with Crippen molar-refractivity contribution in [2.24, 2.45) is 0 Å². The van der Waals surface area contributed by atoms with E-state index in [-0.39, 0.29) is 24.4 Å². The van der Waals surface area contributed by atoms with E-state index >= 15 is 0 Å². The van der Waals surface area contributed by atoms with Gasteiger partial charge in [-0.1, -0.05) is 11.6 Å². The van der Waals surface area contributed by atoms with Crippen molar-refractivity contribution in [1.82, 2.24) is 24.1 Å². The van der Waals surface area contributed by atoms with Gasteiger partial charge in [0.05, 0.1) is 36.2 Å². The van der Waals surface area contributed by atoms with E-state index in [4.69, 9.17) is 21.1 Å². The molecule has 158 valence electrons. The van der Waals surface area contributed by atoms with Crippen molar-refractivity contribution in [2.45, 2.75) is 38.0 Å². The van der Waals surface area contributed by atoms with Crippen molar-refractivity contribution in [3.05, 3.63) is 57.9 Å². The van der Waals surface area contributed by atoms with Crippen LogP contribution in [0.2, 0.25) is 5.02 Å². The Labute approximate surface area is 182 Å². The largest absolute Gasteiger partial charge is 0.471 e. The summed E-state index contributed by atoms with van der Waals surface area (Å²) in [6.45, 7) is 1.44. The predicted molar refractivity (Wildman–Crippen MR) is 116 cm³/mol. The molecule has 4 aromatic rings. The molecular weight excluding hydrogens is 418 g/mol. The average Bonchev–Trinajstić information content (AvgIpc) is 3.39. The van der Waals surface area contributed by atoms with Crippen molar-refractivity contribution in [3.8, 4) is 5.88 Å².